The molecule has 5 rings (SSSR count). The molecule has 0 aliphatic carbocycles. The van der Waals surface area contributed by atoms with Gasteiger partial charge in [-0.25, -0.2) is 4.98 Å². The molecule has 1 aliphatic rings. The van der Waals surface area contributed by atoms with Gasteiger partial charge in [-0.3, -0.25) is 14.6 Å². The standard InChI is InChI=1S/C27H26N4O3S/c1-17-30-24(19-7-3-2-4-8-19)25(35-17)27(34)31-14-12-21(32)15-20(31)16-29-26(33)22-11-5-9-18-10-6-13-28-23(18)22/h2-11,13,20-21,32H,12,14-16H2,1H3,(H,29,33)/t20-,21?/m0/s1. The predicted molar refractivity (Wildman–Crippen MR) is 136 cm³/mol. The van der Waals surface area contributed by atoms with Crippen molar-refractivity contribution in [3.63, 3.8) is 0 Å². The Kier molecular flexibility index (Phi) is 6.57. The molecule has 7 nitrogen and oxygen atoms in total. The summed E-state index contributed by atoms with van der Waals surface area (Å²) in [5.41, 5.74) is 2.69. The van der Waals surface area contributed by atoms with Crippen LogP contribution in [0.25, 0.3) is 22.2 Å². The highest BCUT2D eigenvalue weighted by Gasteiger charge is 2.34. The van der Waals surface area contributed by atoms with E-state index in [1.807, 2.05) is 61.5 Å². The highest BCUT2D eigenvalue weighted by atomic mass is 32.1. The fourth-order valence-electron chi connectivity index (χ4n) is 4.58. The molecule has 0 spiro atoms. The Hall–Kier alpha value is -3.62. The van der Waals surface area contributed by atoms with Crippen LogP contribution in [0.1, 0.15) is 37.9 Å². The molecular weight excluding hydrogens is 460 g/mol. The van der Waals surface area contributed by atoms with E-state index >= 15 is 0 Å². The Morgan fingerprint density at radius 2 is 1.91 bits per heavy atom. The Morgan fingerprint density at radius 3 is 2.74 bits per heavy atom. The number of benzene rings is 2. The van der Waals surface area contributed by atoms with Crippen LogP contribution in [0.4, 0.5) is 0 Å². The first-order valence-electron chi connectivity index (χ1n) is 11.6. The summed E-state index contributed by atoms with van der Waals surface area (Å²) in [4.78, 5) is 38.1. The largest absolute Gasteiger partial charge is 0.393 e. The summed E-state index contributed by atoms with van der Waals surface area (Å²) >= 11 is 1.38. The average molecular weight is 487 g/mol. The molecule has 2 aromatic heterocycles. The van der Waals surface area contributed by atoms with Gasteiger partial charge in [0.05, 0.1) is 33.9 Å². The van der Waals surface area contributed by atoms with E-state index in [1.54, 1.807) is 17.2 Å². The van der Waals surface area contributed by atoms with Gasteiger partial charge in [0.2, 0.25) is 0 Å². The first kappa shape index (κ1) is 23.1. The molecule has 2 atom stereocenters. The van der Waals surface area contributed by atoms with E-state index in [4.69, 9.17) is 0 Å². The number of carbonyl (C=O) groups excluding carboxylic acids is 2. The van der Waals surface area contributed by atoms with Gasteiger partial charge in [-0.05, 0) is 31.9 Å². The number of carbonyl (C=O) groups is 2. The van der Waals surface area contributed by atoms with Gasteiger partial charge in [0.1, 0.15) is 4.88 Å². The molecule has 0 bridgehead atoms. The third-order valence-electron chi connectivity index (χ3n) is 6.30. The van der Waals surface area contributed by atoms with E-state index in [0.717, 1.165) is 16.0 Å². The maximum absolute atomic E-state index is 13.7. The summed E-state index contributed by atoms with van der Waals surface area (Å²) in [7, 11) is 0. The van der Waals surface area contributed by atoms with E-state index in [2.05, 4.69) is 15.3 Å². The van der Waals surface area contributed by atoms with E-state index in [-0.39, 0.29) is 24.4 Å². The molecule has 35 heavy (non-hydrogen) atoms. The van der Waals surface area contributed by atoms with Crippen molar-refractivity contribution in [3.8, 4) is 11.3 Å². The maximum atomic E-state index is 13.7. The second-order valence-corrected chi connectivity index (χ2v) is 9.90. The predicted octanol–water partition coefficient (Wildman–Crippen LogP) is 4.06. The molecule has 1 aliphatic heterocycles. The molecule has 2 aromatic carbocycles. The Morgan fingerprint density at radius 1 is 1.11 bits per heavy atom. The molecule has 1 fully saturated rings. The zero-order valence-corrected chi connectivity index (χ0v) is 20.2. The van der Waals surface area contributed by atoms with Crippen molar-refractivity contribution in [2.75, 3.05) is 13.1 Å². The molecule has 4 aromatic rings. The summed E-state index contributed by atoms with van der Waals surface area (Å²) < 4.78 is 0. The fourth-order valence-corrected chi connectivity index (χ4v) is 5.48. The zero-order chi connectivity index (χ0) is 24.4. The minimum Gasteiger partial charge on any atom is -0.393 e. The number of nitrogens with one attached hydrogen (secondary N) is 1. The van der Waals surface area contributed by atoms with Gasteiger partial charge in [-0.15, -0.1) is 11.3 Å². The SMILES string of the molecule is Cc1nc(-c2ccccc2)c(C(=O)N2CCC(O)C[C@H]2CNC(=O)c2cccc3cccnc23)s1. The van der Waals surface area contributed by atoms with Crippen LogP contribution >= 0.6 is 11.3 Å². The molecule has 0 radical (unpaired) electrons. The van der Waals surface area contributed by atoms with Crippen molar-refractivity contribution in [1.82, 2.24) is 20.2 Å². The van der Waals surface area contributed by atoms with Crippen molar-refractivity contribution in [3.05, 3.63) is 82.3 Å². The third kappa shape index (κ3) is 4.80. The zero-order valence-electron chi connectivity index (χ0n) is 19.3. The van der Waals surface area contributed by atoms with E-state index in [1.165, 1.54) is 11.3 Å². The number of fused-ring (bicyclic) bond motifs is 1. The maximum Gasteiger partial charge on any atom is 0.266 e. The van der Waals surface area contributed by atoms with Crippen molar-refractivity contribution >= 4 is 34.1 Å². The number of amides is 2. The highest BCUT2D eigenvalue weighted by molar-refractivity contribution is 7.14. The molecular formula is C27H26N4O3S. The molecule has 2 N–H and O–H groups in total. The van der Waals surface area contributed by atoms with Crippen LogP contribution in [0.3, 0.4) is 0 Å². The van der Waals surface area contributed by atoms with Gasteiger partial charge in [0.15, 0.2) is 0 Å². The van der Waals surface area contributed by atoms with Crippen LogP contribution in [0.2, 0.25) is 0 Å². The number of rotatable bonds is 5. The molecule has 1 saturated heterocycles. The normalized spacial score (nSPS) is 17.9. The second kappa shape index (κ2) is 9.93. The van der Waals surface area contributed by atoms with E-state index in [0.29, 0.717) is 41.0 Å². The first-order valence-corrected chi connectivity index (χ1v) is 12.5. The molecule has 178 valence electrons. The quantitative estimate of drug-likeness (QED) is 0.444. The smallest absolute Gasteiger partial charge is 0.266 e. The number of pyridine rings is 1. The Labute approximate surface area is 207 Å². The van der Waals surface area contributed by atoms with Gasteiger partial charge in [-0.2, -0.15) is 0 Å². The number of hydrogen-bond acceptors (Lipinski definition) is 6. The molecule has 1 unspecified atom stereocenters. The number of thiazole rings is 1. The minimum atomic E-state index is -0.517. The van der Waals surface area contributed by atoms with Crippen LogP contribution in [0.15, 0.2) is 66.9 Å². The van der Waals surface area contributed by atoms with Crippen LogP contribution in [-0.4, -0.2) is 57.0 Å². The number of nitrogens with zero attached hydrogens (tertiary/aromatic N) is 3. The Bertz CT molecular complexity index is 1370. The number of likely N-dealkylation sites (tertiary alicyclic amines) is 1. The highest BCUT2D eigenvalue weighted by Crippen LogP contribution is 2.31. The topological polar surface area (TPSA) is 95.4 Å². The monoisotopic (exact) mass is 486 g/mol. The summed E-state index contributed by atoms with van der Waals surface area (Å²) in [6.07, 6.45) is 2.05. The number of aliphatic hydroxyl groups excluding tert-OH is 1. The van der Waals surface area contributed by atoms with Crippen LogP contribution < -0.4 is 5.32 Å². The van der Waals surface area contributed by atoms with Gasteiger partial charge in [0, 0.05) is 30.2 Å². The van der Waals surface area contributed by atoms with Crippen LogP contribution in [0.5, 0.6) is 0 Å². The van der Waals surface area contributed by atoms with Gasteiger partial charge < -0.3 is 15.3 Å². The van der Waals surface area contributed by atoms with Crippen molar-refractivity contribution in [2.24, 2.45) is 0 Å². The number of aryl methyl sites for hydroxylation is 1. The number of hydrogen-bond donors (Lipinski definition) is 2. The number of aliphatic hydroxyl groups is 1. The first-order chi connectivity index (χ1) is 17.0. The number of para-hydroxylation sites is 1. The van der Waals surface area contributed by atoms with Gasteiger partial charge in [-0.1, -0.05) is 48.5 Å². The van der Waals surface area contributed by atoms with Crippen LogP contribution in [0, 0.1) is 6.92 Å². The molecule has 3 heterocycles. The molecule has 2 amide bonds. The summed E-state index contributed by atoms with van der Waals surface area (Å²) in [5.74, 6) is -0.368. The van der Waals surface area contributed by atoms with Crippen molar-refractivity contribution in [1.29, 1.82) is 0 Å². The number of piperidine rings is 1. The minimum absolute atomic E-state index is 0.118. The second-order valence-electron chi connectivity index (χ2n) is 8.70. The van der Waals surface area contributed by atoms with Gasteiger partial charge >= 0.3 is 0 Å². The third-order valence-corrected chi connectivity index (χ3v) is 7.26. The summed E-state index contributed by atoms with van der Waals surface area (Å²) in [6, 6.07) is 18.6. The van der Waals surface area contributed by atoms with E-state index < -0.39 is 6.10 Å². The lowest BCUT2D eigenvalue weighted by atomic mass is 9.98. The summed E-state index contributed by atoms with van der Waals surface area (Å²) in [5, 5.41) is 15.0. The van der Waals surface area contributed by atoms with Crippen molar-refractivity contribution in [2.45, 2.75) is 31.9 Å². The van der Waals surface area contributed by atoms with Crippen LogP contribution in [-0.2, 0) is 0 Å². The summed E-state index contributed by atoms with van der Waals surface area (Å²) in [6.45, 7) is 2.55. The lowest BCUT2D eigenvalue weighted by Crippen LogP contribution is -2.52. The lowest BCUT2D eigenvalue weighted by Gasteiger charge is -2.38. The average Bonchev–Trinajstić information content (AvgIpc) is 3.28. The molecule has 8 heteroatoms. The Balaban J connectivity index is 1.37. The van der Waals surface area contributed by atoms with Crippen molar-refractivity contribution < 1.29 is 14.7 Å². The van der Waals surface area contributed by atoms with E-state index in [9.17, 15) is 14.7 Å². The molecule has 0 saturated carbocycles. The fraction of sp³-hybridized carbons (Fsp3) is 0.259. The number of aromatic nitrogens is 2. The van der Waals surface area contributed by atoms with Gasteiger partial charge in [0.25, 0.3) is 11.8 Å². The lowest BCUT2D eigenvalue weighted by molar-refractivity contribution is 0.0323.